The number of carbonyl (C=O) groups is 1. The third-order valence-corrected chi connectivity index (χ3v) is 3.36. The number of carbonyl (C=O) groups excluding carboxylic acids is 1. The minimum Gasteiger partial charge on any atom is -0.382 e. The smallest absolute Gasteiger partial charge is 0.255 e. The van der Waals surface area contributed by atoms with Gasteiger partial charge in [0.2, 0.25) is 0 Å². The summed E-state index contributed by atoms with van der Waals surface area (Å²) in [5, 5.41) is 9.13. The van der Waals surface area contributed by atoms with Crippen molar-refractivity contribution in [1.82, 2.24) is 15.6 Å². The zero-order valence-electron chi connectivity index (χ0n) is 14.3. The van der Waals surface area contributed by atoms with Crippen molar-refractivity contribution in [2.45, 2.75) is 58.9 Å². The molecule has 130 valence electrons. The minimum absolute atomic E-state index is 0.0660. The van der Waals surface area contributed by atoms with Gasteiger partial charge in [0, 0.05) is 24.3 Å². The first-order valence-corrected chi connectivity index (χ1v) is 8.19. The lowest BCUT2D eigenvalue weighted by Crippen LogP contribution is -2.44. The lowest BCUT2D eigenvalue weighted by atomic mass is 10.1. The van der Waals surface area contributed by atoms with Gasteiger partial charge < -0.3 is 16.0 Å². The number of amides is 1. The van der Waals surface area contributed by atoms with E-state index >= 15 is 0 Å². The molecule has 1 amide bonds. The van der Waals surface area contributed by atoms with Crippen molar-refractivity contribution < 1.29 is 9.18 Å². The first-order valence-electron chi connectivity index (χ1n) is 7.81. The van der Waals surface area contributed by atoms with Crippen LogP contribution in [0.5, 0.6) is 0 Å². The summed E-state index contributed by atoms with van der Waals surface area (Å²) in [6.07, 6.45) is 0.217. The van der Waals surface area contributed by atoms with E-state index in [9.17, 15) is 9.18 Å². The van der Waals surface area contributed by atoms with E-state index in [1.807, 2.05) is 27.7 Å². The van der Waals surface area contributed by atoms with Gasteiger partial charge in [0.1, 0.15) is 11.3 Å². The molecule has 0 aliphatic carbocycles. The summed E-state index contributed by atoms with van der Waals surface area (Å²) in [6, 6.07) is 1.56. The fraction of sp³-hybridized carbons (Fsp3) is 0.625. The Kier molecular flexibility index (Phi) is 7.72. The molecule has 0 saturated heterocycles. The quantitative estimate of drug-likeness (QED) is 0.634. The van der Waals surface area contributed by atoms with Gasteiger partial charge in [-0.3, -0.25) is 4.79 Å². The van der Waals surface area contributed by atoms with Gasteiger partial charge in [-0.15, -0.1) is 0 Å². The van der Waals surface area contributed by atoms with Crippen LogP contribution in [0.3, 0.4) is 0 Å². The van der Waals surface area contributed by atoms with E-state index < -0.39 is 6.17 Å². The highest BCUT2D eigenvalue weighted by molar-refractivity contribution is 6.29. The molecule has 0 saturated carbocycles. The van der Waals surface area contributed by atoms with Gasteiger partial charge in [-0.2, -0.15) is 0 Å². The van der Waals surface area contributed by atoms with E-state index in [-0.39, 0.29) is 30.6 Å². The van der Waals surface area contributed by atoms with E-state index in [1.165, 1.54) is 6.20 Å². The summed E-state index contributed by atoms with van der Waals surface area (Å²) in [7, 11) is 0. The van der Waals surface area contributed by atoms with Gasteiger partial charge in [-0.05, 0) is 26.8 Å². The second-order valence-corrected chi connectivity index (χ2v) is 6.57. The summed E-state index contributed by atoms with van der Waals surface area (Å²) >= 11 is 5.87. The Hall–Kier alpha value is -1.40. The topological polar surface area (TPSA) is 66.0 Å². The lowest BCUT2D eigenvalue weighted by Gasteiger charge is -2.21. The number of nitrogens with zero attached hydrogens (tertiary/aromatic N) is 1. The maximum Gasteiger partial charge on any atom is 0.255 e. The molecular formula is C16H26ClFN4O. The Morgan fingerprint density at radius 3 is 2.48 bits per heavy atom. The lowest BCUT2D eigenvalue weighted by molar-refractivity contribution is 0.0936. The van der Waals surface area contributed by atoms with Crippen LogP contribution in [0.4, 0.5) is 10.1 Å². The molecule has 1 heterocycles. The third kappa shape index (κ3) is 6.71. The number of aromatic nitrogens is 1. The van der Waals surface area contributed by atoms with Crippen molar-refractivity contribution in [2.75, 3.05) is 11.9 Å². The Morgan fingerprint density at radius 2 is 1.91 bits per heavy atom. The Balaban J connectivity index is 2.71. The summed E-state index contributed by atoms with van der Waals surface area (Å²) in [5.41, 5.74) is 0.932. The van der Waals surface area contributed by atoms with Crippen molar-refractivity contribution in [2.24, 2.45) is 0 Å². The molecule has 1 rings (SSSR count). The predicted octanol–water partition coefficient (Wildman–Crippen LogP) is 3.01. The molecule has 3 N–H and O–H groups in total. The standard InChI is InChI=1S/C16H26ClFN4O/c1-9(2)21-11(5)13(18)8-20-16(23)12-7-19-15(17)6-14(12)22-10(3)4/h6-7,9-11,13,21H,8H2,1-5H3,(H,19,22)(H,20,23)/t11?,13-/m1/s1. The molecule has 23 heavy (non-hydrogen) atoms. The number of nitrogens with one attached hydrogen (secondary N) is 3. The SMILES string of the molecule is CC(C)Nc1cc(Cl)ncc1C(=O)NC[C@@H](F)C(C)NC(C)C. The van der Waals surface area contributed by atoms with Crippen LogP contribution in [0.25, 0.3) is 0 Å². The summed E-state index contributed by atoms with van der Waals surface area (Å²) in [5.74, 6) is -0.378. The second-order valence-electron chi connectivity index (χ2n) is 6.19. The highest BCUT2D eigenvalue weighted by atomic mass is 35.5. The molecular weight excluding hydrogens is 319 g/mol. The van der Waals surface area contributed by atoms with Crippen molar-refractivity contribution in [3.63, 3.8) is 0 Å². The van der Waals surface area contributed by atoms with Crippen LogP contribution in [0, 0.1) is 0 Å². The molecule has 1 unspecified atom stereocenters. The van der Waals surface area contributed by atoms with Gasteiger partial charge in [-0.25, -0.2) is 9.37 Å². The second kappa shape index (κ2) is 9.03. The minimum atomic E-state index is -1.18. The first-order chi connectivity index (χ1) is 10.7. The van der Waals surface area contributed by atoms with E-state index in [0.29, 0.717) is 16.4 Å². The molecule has 0 spiro atoms. The van der Waals surface area contributed by atoms with Crippen molar-refractivity contribution in [3.8, 4) is 0 Å². The third-order valence-electron chi connectivity index (χ3n) is 3.16. The van der Waals surface area contributed by atoms with Crippen molar-refractivity contribution in [3.05, 3.63) is 23.0 Å². The maximum absolute atomic E-state index is 14.1. The highest BCUT2D eigenvalue weighted by Crippen LogP contribution is 2.19. The monoisotopic (exact) mass is 344 g/mol. The molecule has 2 atom stereocenters. The number of alkyl halides is 1. The van der Waals surface area contributed by atoms with Crippen LogP contribution in [-0.2, 0) is 0 Å². The van der Waals surface area contributed by atoms with Crippen LogP contribution in [0.1, 0.15) is 45.0 Å². The van der Waals surface area contributed by atoms with E-state index in [0.717, 1.165) is 0 Å². The Labute approximate surface area is 142 Å². The fourth-order valence-corrected chi connectivity index (χ4v) is 2.29. The van der Waals surface area contributed by atoms with Crippen LogP contribution >= 0.6 is 11.6 Å². The molecule has 0 aliphatic heterocycles. The Morgan fingerprint density at radius 1 is 1.26 bits per heavy atom. The zero-order valence-corrected chi connectivity index (χ0v) is 15.0. The Bertz CT molecular complexity index is 525. The molecule has 1 aromatic heterocycles. The van der Waals surface area contributed by atoms with Crippen LogP contribution in [-0.4, -0.2) is 41.7 Å². The van der Waals surface area contributed by atoms with E-state index in [2.05, 4.69) is 20.9 Å². The van der Waals surface area contributed by atoms with E-state index in [4.69, 9.17) is 11.6 Å². The first kappa shape index (κ1) is 19.6. The molecule has 0 bridgehead atoms. The largest absolute Gasteiger partial charge is 0.382 e. The number of hydrogen-bond donors (Lipinski definition) is 3. The van der Waals surface area contributed by atoms with Gasteiger partial charge in [0.15, 0.2) is 0 Å². The van der Waals surface area contributed by atoms with Crippen molar-refractivity contribution >= 4 is 23.2 Å². The average molecular weight is 345 g/mol. The molecule has 0 aliphatic rings. The normalized spacial score (nSPS) is 14.0. The maximum atomic E-state index is 14.1. The molecule has 0 fully saturated rings. The molecule has 7 heteroatoms. The van der Waals surface area contributed by atoms with Gasteiger partial charge in [0.05, 0.1) is 17.8 Å². The number of halogens is 2. The molecule has 5 nitrogen and oxygen atoms in total. The van der Waals surface area contributed by atoms with Crippen LogP contribution < -0.4 is 16.0 Å². The molecule has 0 aromatic carbocycles. The predicted molar refractivity (Wildman–Crippen MR) is 93.0 cm³/mol. The summed E-state index contributed by atoms with van der Waals surface area (Å²) < 4.78 is 14.1. The number of pyridine rings is 1. The number of hydrogen-bond acceptors (Lipinski definition) is 4. The van der Waals surface area contributed by atoms with E-state index in [1.54, 1.807) is 13.0 Å². The van der Waals surface area contributed by atoms with Gasteiger partial charge in [0.25, 0.3) is 5.91 Å². The van der Waals surface area contributed by atoms with Crippen LogP contribution in [0.2, 0.25) is 5.15 Å². The average Bonchev–Trinajstić information content (AvgIpc) is 2.43. The fourth-order valence-electron chi connectivity index (χ4n) is 2.13. The highest BCUT2D eigenvalue weighted by Gasteiger charge is 2.19. The van der Waals surface area contributed by atoms with Gasteiger partial charge in [-0.1, -0.05) is 25.4 Å². The van der Waals surface area contributed by atoms with Gasteiger partial charge >= 0.3 is 0 Å². The molecule has 1 aromatic rings. The molecule has 0 radical (unpaired) electrons. The summed E-state index contributed by atoms with van der Waals surface area (Å²) in [4.78, 5) is 16.2. The van der Waals surface area contributed by atoms with Crippen molar-refractivity contribution in [1.29, 1.82) is 0 Å². The number of anilines is 1. The zero-order chi connectivity index (χ0) is 17.6. The summed E-state index contributed by atoms with van der Waals surface area (Å²) in [6.45, 7) is 9.49. The number of rotatable bonds is 8. The van der Waals surface area contributed by atoms with Crippen LogP contribution in [0.15, 0.2) is 12.3 Å².